The van der Waals surface area contributed by atoms with Crippen LogP contribution in [-0.2, 0) is 11.3 Å². The maximum atomic E-state index is 13.1. The predicted molar refractivity (Wildman–Crippen MR) is 104 cm³/mol. The normalized spacial score (nSPS) is 16.6. The van der Waals surface area contributed by atoms with Crippen LogP contribution >= 0.6 is 0 Å². The Bertz CT molecular complexity index is 771. The number of piperidine rings is 1. The molecule has 0 bridgehead atoms. The largest absolute Gasteiger partial charge is 0.497 e. The Morgan fingerprint density at radius 1 is 1.19 bits per heavy atom. The molecule has 1 aliphatic heterocycles. The fourth-order valence-corrected chi connectivity index (χ4v) is 3.57. The number of likely N-dealkylation sites (N-methyl/N-ethyl adjacent to an activating group) is 1. The molecule has 0 aromatic heterocycles. The Morgan fingerprint density at radius 2 is 1.89 bits per heavy atom. The number of likely N-dealkylation sites (tertiary alicyclic amines) is 1. The van der Waals surface area contributed by atoms with E-state index in [1.165, 1.54) is 12.1 Å². The van der Waals surface area contributed by atoms with E-state index in [-0.39, 0.29) is 11.7 Å². The van der Waals surface area contributed by atoms with Crippen LogP contribution in [0.5, 0.6) is 5.75 Å². The van der Waals surface area contributed by atoms with Crippen molar-refractivity contribution in [1.29, 1.82) is 0 Å². The zero-order chi connectivity index (χ0) is 19.3. The lowest BCUT2D eigenvalue weighted by Crippen LogP contribution is -2.57. The molecule has 6 heteroatoms. The summed E-state index contributed by atoms with van der Waals surface area (Å²) in [5.41, 5.74) is 1.29. The summed E-state index contributed by atoms with van der Waals surface area (Å²) >= 11 is 0. The molecule has 1 fully saturated rings. The third-order valence-electron chi connectivity index (χ3n) is 5.14. The Balaban J connectivity index is 1.69. The highest BCUT2D eigenvalue weighted by Crippen LogP contribution is 2.29. The third-order valence-corrected chi connectivity index (χ3v) is 5.14. The van der Waals surface area contributed by atoms with Gasteiger partial charge in [-0.15, -0.1) is 0 Å². The number of nitrogens with zero attached hydrogens (tertiary/aromatic N) is 1. The Morgan fingerprint density at radius 3 is 2.52 bits per heavy atom. The van der Waals surface area contributed by atoms with Crippen LogP contribution in [0.3, 0.4) is 0 Å². The molecule has 0 aliphatic carbocycles. The molecule has 27 heavy (non-hydrogen) atoms. The second kappa shape index (κ2) is 8.39. The highest BCUT2D eigenvalue weighted by Gasteiger charge is 2.40. The molecule has 0 radical (unpaired) electrons. The number of nitrogens with one attached hydrogen (secondary N) is 2. The van der Waals surface area contributed by atoms with Crippen molar-refractivity contribution in [2.24, 2.45) is 0 Å². The minimum absolute atomic E-state index is 0.00764. The summed E-state index contributed by atoms with van der Waals surface area (Å²) in [6.07, 6.45) is 1.37. The maximum absolute atomic E-state index is 13.1. The van der Waals surface area contributed by atoms with E-state index in [2.05, 4.69) is 15.5 Å². The zero-order valence-electron chi connectivity index (χ0n) is 15.8. The van der Waals surface area contributed by atoms with Gasteiger partial charge in [-0.05, 0) is 42.7 Å². The van der Waals surface area contributed by atoms with Crippen molar-refractivity contribution >= 4 is 11.6 Å². The second-order valence-corrected chi connectivity index (χ2v) is 6.92. The average molecular weight is 371 g/mol. The number of rotatable bonds is 6. The van der Waals surface area contributed by atoms with Gasteiger partial charge in [-0.3, -0.25) is 9.69 Å². The van der Waals surface area contributed by atoms with E-state index in [0.29, 0.717) is 12.8 Å². The minimum Gasteiger partial charge on any atom is -0.497 e. The zero-order valence-corrected chi connectivity index (χ0v) is 15.8. The topological polar surface area (TPSA) is 53.6 Å². The van der Waals surface area contributed by atoms with Gasteiger partial charge < -0.3 is 15.4 Å². The van der Waals surface area contributed by atoms with Gasteiger partial charge in [0.25, 0.3) is 0 Å². The average Bonchev–Trinajstić information content (AvgIpc) is 2.70. The fourth-order valence-electron chi connectivity index (χ4n) is 3.57. The lowest BCUT2D eigenvalue weighted by atomic mass is 9.85. The van der Waals surface area contributed by atoms with Crippen molar-refractivity contribution in [3.63, 3.8) is 0 Å². The molecule has 1 aliphatic rings. The Hall–Kier alpha value is -2.60. The van der Waals surface area contributed by atoms with Gasteiger partial charge in [-0.25, -0.2) is 4.39 Å². The number of methoxy groups -OCH3 is 1. The first-order chi connectivity index (χ1) is 13.0. The SMILES string of the molecule is CNC(=O)C1(Nc2cccc(OC)c2)CCN(Cc2ccc(F)cc2)CC1. The summed E-state index contributed by atoms with van der Waals surface area (Å²) in [5, 5.41) is 6.25. The molecule has 2 aromatic rings. The predicted octanol–water partition coefficient (Wildman–Crippen LogP) is 3.03. The number of carbonyl (C=O) groups excluding carboxylic acids is 1. The molecule has 0 saturated carbocycles. The van der Waals surface area contributed by atoms with E-state index in [0.717, 1.165) is 36.6 Å². The number of benzene rings is 2. The van der Waals surface area contributed by atoms with E-state index >= 15 is 0 Å². The molecular weight excluding hydrogens is 345 g/mol. The first-order valence-electron chi connectivity index (χ1n) is 9.16. The van der Waals surface area contributed by atoms with E-state index in [9.17, 15) is 9.18 Å². The highest BCUT2D eigenvalue weighted by atomic mass is 19.1. The number of hydrogen-bond acceptors (Lipinski definition) is 4. The van der Waals surface area contributed by atoms with E-state index in [1.54, 1.807) is 14.2 Å². The van der Waals surface area contributed by atoms with Gasteiger partial charge in [0.1, 0.15) is 17.1 Å². The van der Waals surface area contributed by atoms with Crippen LogP contribution in [0.4, 0.5) is 10.1 Å². The van der Waals surface area contributed by atoms with Crippen molar-refractivity contribution in [1.82, 2.24) is 10.2 Å². The molecule has 0 spiro atoms. The van der Waals surface area contributed by atoms with Crippen LogP contribution in [0.1, 0.15) is 18.4 Å². The Kier molecular flexibility index (Phi) is 5.96. The fraction of sp³-hybridized carbons (Fsp3) is 0.381. The van der Waals surface area contributed by atoms with E-state index in [1.807, 2.05) is 36.4 Å². The first-order valence-corrected chi connectivity index (χ1v) is 9.16. The Labute approximate surface area is 159 Å². The second-order valence-electron chi connectivity index (χ2n) is 6.92. The molecule has 144 valence electrons. The van der Waals surface area contributed by atoms with Crippen molar-refractivity contribution in [2.75, 3.05) is 32.6 Å². The number of amides is 1. The third kappa shape index (κ3) is 4.57. The minimum atomic E-state index is -0.652. The highest BCUT2D eigenvalue weighted by molar-refractivity contribution is 5.89. The van der Waals surface area contributed by atoms with Gasteiger partial charge in [0, 0.05) is 38.4 Å². The van der Waals surface area contributed by atoms with Crippen molar-refractivity contribution < 1.29 is 13.9 Å². The monoisotopic (exact) mass is 371 g/mol. The number of carbonyl (C=O) groups is 1. The summed E-state index contributed by atoms with van der Waals surface area (Å²) in [4.78, 5) is 15.0. The van der Waals surface area contributed by atoms with Crippen LogP contribution in [-0.4, -0.2) is 43.6 Å². The molecule has 0 unspecified atom stereocenters. The number of anilines is 1. The molecule has 1 heterocycles. The summed E-state index contributed by atoms with van der Waals surface area (Å²) in [6, 6.07) is 14.2. The van der Waals surface area contributed by atoms with Gasteiger partial charge in [-0.2, -0.15) is 0 Å². The van der Waals surface area contributed by atoms with Crippen molar-refractivity contribution in [3.05, 3.63) is 59.9 Å². The molecule has 0 atom stereocenters. The lowest BCUT2D eigenvalue weighted by molar-refractivity contribution is -0.126. The number of halogens is 1. The van der Waals surface area contributed by atoms with Gasteiger partial charge in [0.2, 0.25) is 5.91 Å². The molecular formula is C21H26FN3O2. The van der Waals surface area contributed by atoms with E-state index in [4.69, 9.17) is 4.74 Å². The molecule has 1 amide bonds. The van der Waals surface area contributed by atoms with Crippen molar-refractivity contribution in [3.8, 4) is 5.75 Å². The first kappa shape index (κ1) is 19.2. The van der Waals surface area contributed by atoms with Crippen LogP contribution in [0.2, 0.25) is 0 Å². The quantitative estimate of drug-likeness (QED) is 0.820. The molecule has 2 N–H and O–H groups in total. The van der Waals surface area contributed by atoms with Crippen LogP contribution in [0, 0.1) is 5.82 Å². The van der Waals surface area contributed by atoms with Crippen LogP contribution < -0.4 is 15.4 Å². The van der Waals surface area contributed by atoms with Gasteiger partial charge in [0.15, 0.2) is 0 Å². The summed E-state index contributed by atoms with van der Waals surface area (Å²) in [5.74, 6) is 0.520. The summed E-state index contributed by atoms with van der Waals surface area (Å²) in [6.45, 7) is 2.31. The van der Waals surface area contributed by atoms with Crippen LogP contribution in [0.25, 0.3) is 0 Å². The number of hydrogen-bond donors (Lipinski definition) is 2. The van der Waals surface area contributed by atoms with Gasteiger partial charge in [0.05, 0.1) is 7.11 Å². The molecule has 3 rings (SSSR count). The lowest BCUT2D eigenvalue weighted by Gasteiger charge is -2.41. The maximum Gasteiger partial charge on any atom is 0.245 e. The summed E-state index contributed by atoms with van der Waals surface area (Å²) < 4.78 is 18.4. The smallest absolute Gasteiger partial charge is 0.245 e. The molecule has 1 saturated heterocycles. The molecule has 2 aromatic carbocycles. The number of ether oxygens (including phenoxy) is 1. The van der Waals surface area contributed by atoms with Crippen LogP contribution in [0.15, 0.2) is 48.5 Å². The van der Waals surface area contributed by atoms with Gasteiger partial charge in [-0.1, -0.05) is 18.2 Å². The summed E-state index contributed by atoms with van der Waals surface area (Å²) in [7, 11) is 3.30. The van der Waals surface area contributed by atoms with Crippen molar-refractivity contribution in [2.45, 2.75) is 24.9 Å². The van der Waals surface area contributed by atoms with E-state index < -0.39 is 5.54 Å². The molecule has 5 nitrogen and oxygen atoms in total. The van der Waals surface area contributed by atoms with Gasteiger partial charge >= 0.3 is 0 Å². The standard InChI is InChI=1S/C21H26FN3O2/c1-23-20(26)21(24-18-4-3-5-19(14-18)27-2)10-12-25(13-11-21)15-16-6-8-17(22)9-7-16/h3-9,14,24H,10-13,15H2,1-2H3,(H,23,26).